The molecule has 30 heavy (non-hydrogen) atoms. The quantitative estimate of drug-likeness (QED) is 0.633. The Labute approximate surface area is 173 Å². The highest BCUT2D eigenvalue weighted by molar-refractivity contribution is 6.24. The van der Waals surface area contributed by atoms with Crippen LogP contribution in [0.3, 0.4) is 0 Å². The topological polar surface area (TPSA) is 65.5 Å². The fourth-order valence-electron chi connectivity index (χ4n) is 2.93. The average Bonchev–Trinajstić information content (AvgIpc) is 2.80. The Balaban J connectivity index is 1.83. The third-order valence-corrected chi connectivity index (χ3v) is 4.33. The molecule has 0 unspecified atom stereocenters. The van der Waals surface area contributed by atoms with Crippen molar-refractivity contribution in [3.05, 3.63) is 101 Å². The van der Waals surface area contributed by atoms with Crippen molar-refractivity contribution in [1.29, 1.82) is 0 Å². The monoisotopic (exact) mass is 391 g/mol. The fraction of sp³-hybridized carbons (Fsp3) is 0. The molecule has 0 amide bonds. The van der Waals surface area contributed by atoms with Crippen LogP contribution in [0.25, 0.3) is 0 Å². The second-order valence-corrected chi connectivity index (χ2v) is 6.26. The number of pyridine rings is 1. The molecular weight excluding hydrogens is 378 g/mol. The van der Waals surface area contributed by atoms with E-state index in [4.69, 9.17) is 22.3 Å². The van der Waals surface area contributed by atoms with Crippen molar-refractivity contribution >= 4 is 11.6 Å². The number of nitrogens with zero attached hydrogens (tertiary/aromatic N) is 1. The molecule has 0 saturated heterocycles. The third kappa shape index (κ3) is 3.44. The number of terminal acetylenes is 2. The third-order valence-electron chi connectivity index (χ3n) is 4.33. The SMILES string of the molecule is C#Cc1cccc(OC2=C(Oc3cccc(C#C)c3)C(=O)c3ncccc3C2=O)c1. The lowest BCUT2D eigenvalue weighted by atomic mass is 9.96. The highest BCUT2D eigenvalue weighted by Gasteiger charge is 2.37. The molecule has 0 radical (unpaired) electrons. The van der Waals surface area contributed by atoms with Gasteiger partial charge >= 0.3 is 0 Å². The van der Waals surface area contributed by atoms with Gasteiger partial charge in [0.25, 0.3) is 5.78 Å². The van der Waals surface area contributed by atoms with Gasteiger partial charge < -0.3 is 9.47 Å². The first kappa shape index (κ1) is 18.7. The number of fused-ring (bicyclic) bond motifs is 1. The standard InChI is InChI=1S/C25H13NO4/c1-3-16-8-5-10-18(14-16)29-24-22(27)20-12-7-13-26-21(20)23(28)25(24)30-19-11-6-9-17(4-2)15-19/h1-2,5-15H. The lowest BCUT2D eigenvalue weighted by Gasteiger charge is -2.20. The van der Waals surface area contributed by atoms with Crippen molar-refractivity contribution < 1.29 is 19.1 Å². The number of benzene rings is 2. The zero-order valence-corrected chi connectivity index (χ0v) is 15.6. The summed E-state index contributed by atoms with van der Waals surface area (Å²) in [4.78, 5) is 30.3. The molecule has 1 heterocycles. The van der Waals surface area contributed by atoms with E-state index in [1.54, 1.807) is 54.6 Å². The first-order valence-electron chi connectivity index (χ1n) is 8.88. The lowest BCUT2D eigenvalue weighted by Crippen LogP contribution is -2.28. The van der Waals surface area contributed by atoms with E-state index < -0.39 is 11.6 Å². The van der Waals surface area contributed by atoms with Crippen LogP contribution < -0.4 is 9.47 Å². The fourth-order valence-corrected chi connectivity index (χ4v) is 2.93. The van der Waals surface area contributed by atoms with Gasteiger partial charge in [-0.15, -0.1) is 12.8 Å². The van der Waals surface area contributed by atoms with Crippen LogP contribution in [-0.2, 0) is 0 Å². The molecule has 0 spiro atoms. The second kappa shape index (κ2) is 7.79. The van der Waals surface area contributed by atoms with Crippen LogP contribution in [0.1, 0.15) is 32.0 Å². The minimum absolute atomic E-state index is 0.00432. The van der Waals surface area contributed by atoms with Crippen LogP contribution in [0.5, 0.6) is 11.5 Å². The number of carbonyl (C=O) groups is 2. The van der Waals surface area contributed by atoms with Crippen LogP contribution in [0.2, 0.25) is 0 Å². The summed E-state index contributed by atoms with van der Waals surface area (Å²) in [7, 11) is 0. The average molecular weight is 391 g/mol. The number of ether oxygens (including phenoxy) is 2. The van der Waals surface area contributed by atoms with Gasteiger partial charge in [0.1, 0.15) is 17.2 Å². The zero-order valence-electron chi connectivity index (χ0n) is 15.6. The Kier molecular flexibility index (Phi) is 4.87. The molecule has 0 fully saturated rings. The molecule has 142 valence electrons. The zero-order chi connectivity index (χ0) is 21.1. The summed E-state index contributed by atoms with van der Waals surface area (Å²) in [5, 5.41) is 0. The molecule has 0 aliphatic heterocycles. The van der Waals surface area contributed by atoms with Crippen LogP contribution in [0.4, 0.5) is 0 Å². The van der Waals surface area contributed by atoms with Gasteiger partial charge in [-0.3, -0.25) is 14.6 Å². The maximum atomic E-state index is 13.1. The van der Waals surface area contributed by atoms with Gasteiger partial charge in [-0.2, -0.15) is 0 Å². The van der Waals surface area contributed by atoms with E-state index in [1.165, 1.54) is 12.3 Å². The maximum Gasteiger partial charge on any atom is 0.251 e. The van der Waals surface area contributed by atoms with Gasteiger partial charge in [0, 0.05) is 17.3 Å². The number of allylic oxidation sites excluding steroid dienone is 2. The summed E-state index contributed by atoms with van der Waals surface area (Å²) in [5.74, 6) is 3.97. The second-order valence-electron chi connectivity index (χ2n) is 6.26. The number of hydrogen-bond acceptors (Lipinski definition) is 5. The smallest absolute Gasteiger partial charge is 0.251 e. The minimum Gasteiger partial charge on any atom is -0.449 e. The van der Waals surface area contributed by atoms with Gasteiger partial charge in [0.2, 0.25) is 17.3 Å². The molecule has 5 heteroatoms. The predicted molar refractivity (Wildman–Crippen MR) is 110 cm³/mol. The summed E-state index contributed by atoms with van der Waals surface area (Å²) in [6.07, 6.45) is 12.3. The molecule has 5 nitrogen and oxygen atoms in total. The Morgan fingerprint density at radius 1 is 0.733 bits per heavy atom. The van der Waals surface area contributed by atoms with E-state index in [9.17, 15) is 9.59 Å². The summed E-state index contributed by atoms with van der Waals surface area (Å²) in [6.45, 7) is 0. The molecule has 2 aromatic carbocycles. The first-order valence-corrected chi connectivity index (χ1v) is 8.88. The Morgan fingerprint density at radius 3 is 1.87 bits per heavy atom. The molecule has 0 saturated carbocycles. The van der Waals surface area contributed by atoms with Crippen molar-refractivity contribution in [2.45, 2.75) is 0 Å². The molecule has 1 aromatic heterocycles. The van der Waals surface area contributed by atoms with Crippen LogP contribution in [-0.4, -0.2) is 16.6 Å². The van der Waals surface area contributed by atoms with E-state index >= 15 is 0 Å². The molecule has 3 aromatic rings. The van der Waals surface area contributed by atoms with E-state index in [0.717, 1.165) is 0 Å². The number of carbonyl (C=O) groups excluding carboxylic acids is 2. The molecule has 1 aliphatic carbocycles. The Hall–Kier alpha value is -4.61. The van der Waals surface area contributed by atoms with Crippen molar-refractivity contribution in [3.8, 4) is 36.2 Å². The van der Waals surface area contributed by atoms with Crippen molar-refractivity contribution in [2.24, 2.45) is 0 Å². The van der Waals surface area contributed by atoms with Gasteiger partial charge in [-0.25, -0.2) is 0 Å². The van der Waals surface area contributed by atoms with E-state index in [0.29, 0.717) is 22.6 Å². The summed E-state index contributed by atoms with van der Waals surface area (Å²) >= 11 is 0. The predicted octanol–water partition coefficient (Wildman–Crippen LogP) is 3.79. The van der Waals surface area contributed by atoms with Crippen molar-refractivity contribution in [3.63, 3.8) is 0 Å². The van der Waals surface area contributed by atoms with E-state index in [2.05, 4.69) is 16.8 Å². The van der Waals surface area contributed by atoms with Crippen LogP contribution in [0, 0.1) is 24.7 Å². The highest BCUT2D eigenvalue weighted by atomic mass is 16.5. The lowest BCUT2D eigenvalue weighted by molar-refractivity contribution is 0.0893. The maximum absolute atomic E-state index is 13.1. The molecule has 0 atom stereocenters. The normalized spacial score (nSPS) is 12.6. The van der Waals surface area contributed by atoms with Gasteiger partial charge in [0.15, 0.2) is 0 Å². The minimum atomic E-state index is -0.570. The summed E-state index contributed by atoms with van der Waals surface area (Å²) in [5.41, 5.74) is 1.25. The number of hydrogen-bond donors (Lipinski definition) is 0. The van der Waals surface area contributed by atoms with Gasteiger partial charge in [0.05, 0.1) is 5.56 Å². The largest absolute Gasteiger partial charge is 0.449 e. The first-order chi connectivity index (χ1) is 14.6. The molecular formula is C25H13NO4. The van der Waals surface area contributed by atoms with Gasteiger partial charge in [-0.1, -0.05) is 24.0 Å². The molecule has 0 N–H and O–H groups in total. The van der Waals surface area contributed by atoms with Crippen molar-refractivity contribution in [1.82, 2.24) is 4.98 Å². The number of aromatic nitrogens is 1. The number of ketones is 2. The Morgan fingerprint density at radius 2 is 1.30 bits per heavy atom. The van der Waals surface area contributed by atoms with Crippen LogP contribution >= 0.6 is 0 Å². The van der Waals surface area contributed by atoms with E-state index in [1.807, 2.05) is 0 Å². The number of Topliss-reactive ketones (excluding diaryl/α,β-unsaturated/α-hetero) is 2. The molecule has 1 aliphatic rings. The summed E-state index contributed by atoms with van der Waals surface area (Å²) in [6, 6.07) is 16.3. The number of rotatable bonds is 4. The summed E-state index contributed by atoms with van der Waals surface area (Å²) < 4.78 is 11.6. The highest BCUT2D eigenvalue weighted by Crippen LogP contribution is 2.30. The molecule has 0 bridgehead atoms. The van der Waals surface area contributed by atoms with E-state index in [-0.39, 0.29) is 22.8 Å². The van der Waals surface area contributed by atoms with Crippen LogP contribution in [0.15, 0.2) is 78.4 Å². The Bertz CT molecular complexity index is 1200. The van der Waals surface area contributed by atoms with Crippen molar-refractivity contribution in [2.75, 3.05) is 0 Å². The van der Waals surface area contributed by atoms with Gasteiger partial charge in [-0.05, 0) is 48.5 Å². The molecule has 4 rings (SSSR count).